The van der Waals surface area contributed by atoms with E-state index in [1.165, 1.54) is 0 Å². The lowest BCUT2D eigenvalue weighted by atomic mass is 10.1. The highest BCUT2D eigenvalue weighted by Crippen LogP contribution is 2.30. The average Bonchev–Trinajstić information content (AvgIpc) is 2.94. The second-order valence-corrected chi connectivity index (χ2v) is 7.01. The Morgan fingerprint density at radius 1 is 1.04 bits per heavy atom. The molecule has 0 bridgehead atoms. The highest BCUT2D eigenvalue weighted by Gasteiger charge is 2.21. The predicted molar refractivity (Wildman–Crippen MR) is 106 cm³/mol. The number of ketones is 1. The van der Waals surface area contributed by atoms with Gasteiger partial charge >= 0.3 is 0 Å². The number of anilines is 1. The number of carbonyl (C=O) groups excluding carboxylic acids is 1. The van der Waals surface area contributed by atoms with Gasteiger partial charge in [-0.15, -0.1) is 0 Å². The Bertz CT molecular complexity index is 860. The monoisotopic (exact) mass is 384 g/mol. The van der Waals surface area contributed by atoms with E-state index in [1.54, 1.807) is 30.5 Å². The molecule has 4 rings (SSSR count). The van der Waals surface area contributed by atoms with Crippen molar-refractivity contribution in [2.24, 2.45) is 0 Å². The molecule has 0 aromatic heterocycles. The van der Waals surface area contributed by atoms with Crippen molar-refractivity contribution >= 4 is 23.1 Å². The van der Waals surface area contributed by atoms with Gasteiger partial charge in [-0.05, 0) is 36.4 Å². The maximum Gasteiger partial charge on any atom is 0.176 e. The fraction of sp³-hybridized carbons (Fsp3) is 0.286. The quantitative estimate of drug-likeness (QED) is 0.753. The van der Waals surface area contributed by atoms with Crippen LogP contribution in [0.25, 0.3) is 0 Å². The Morgan fingerprint density at radius 3 is 2.67 bits per heavy atom. The largest absolute Gasteiger partial charge is 0.485 e. The van der Waals surface area contributed by atoms with Crippen molar-refractivity contribution in [1.29, 1.82) is 0 Å². The first kappa shape index (κ1) is 17.9. The number of benzene rings is 2. The molecule has 0 saturated carbocycles. The van der Waals surface area contributed by atoms with Gasteiger partial charge < -0.3 is 14.4 Å². The van der Waals surface area contributed by atoms with Crippen LogP contribution in [0.1, 0.15) is 10.4 Å². The zero-order valence-corrected chi connectivity index (χ0v) is 15.7. The summed E-state index contributed by atoms with van der Waals surface area (Å²) in [5.41, 5.74) is 1.70. The van der Waals surface area contributed by atoms with Gasteiger partial charge in [0.2, 0.25) is 0 Å². The highest BCUT2D eigenvalue weighted by molar-refractivity contribution is 6.33. The summed E-state index contributed by atoms with van der Waals surface area (Å²) in [6, 6.07) is 13.2. The van der Waals surface area contributed by atoms with Gasteiger partial charge in [0.15, 0.2) is 17.3 Å². The summed E-state index contributed by atoms with van der Waals surface area (Å²) in [6.45, 7) is 4.21. The standard InChI is InChI=1S/C21H21ClN2O3/c22-17-4-1-2-5-18(17)24-10-8-23(9-11-24)15-19(25)16-6-7-20-21(14-16)27-13-3-12-26-20/h1-7,13-14H,8-12,15H2. The van der Waals surface area contributed by atoms with Gasteiger partial charge in [0.1, 0.15) is 6.61 Å². The molecule has 6 heteroatoms. The number of hydrogen-bond acceptors (Lipinski definition) is 5. The van der Waals surface area contributed by atoms with Crippen LogP contribution < -0.4 is 14.4 Å². The molecule has 1 saturated heterocycles. The molecule has 2 aliphatic rings. The lowest BCUT2D eigenvalue weighted by Gasteiger charge is -2.36. The van der Waals surface area contributed by atoms with Crippen LogP contribution in [-0.4, -0.2) is 50.0 Å². The topological polar surface area (TPSA) is 42.0 Å². The Labute approximate surface area is 163 Å². The maximum atomic E-state index is 12.7. The predicted octanol–water partition coefficient (Wildman–Crippen LogP) is 3.63. The van der Waals surface area contributed by atoms with Crippen LogP contribution in [0.5, 0.6) is 11.5 Å². The van der Waals surface area contributed by atoms with Crippen molar-refractivity contribution in [1.82, 2.24) is 4.90 Å². The van der Waals surface area contributed by atoms with Gasteiger partial charge in [-0.25, -0.2) is 0 Å². The summed E-state index contributed by atoms with van der Waals surface area (Å²) in [7, 11) is 0. The molecule has 0 radical (unpaired) electrons. The Hall–Kier alpha value is -2.50. The number of carbonyl (C=O) groups is 1. The van der Waals surface area contributed by atoms with Crippen LogP contribution in [0.4, 0.5) is 5.69 Å². The van der Waals surface area contributed by atoms with Crippen molar-refractivity contribution in [3.63, 3.8) is 0 Å². The van der Waals surface area contributed by atoms with E-state index >= 15 is 0 Å². The van der Waals surface area contributed by atoms with Crippen LogP contribution in [-0.2, 0) is 0 Å². The number of rotatable bonds is 4. The highest BCUT2D eigenvalue weighted by atomic mass is 35.5. The lowest BCUT2D eigenvalue weighted by Crippen LogP contribution is -2.48. The number of piperazine rings is 1. The van der Waals surface area contributed by atoms with Gasteiger partial charge in [-0.2, -0.15) is 0 Å². The minimum atomic E-state index is 0.0841. The second-order valence-electron chi connectivity index (χ2n) is 6.60. The minimum absolute atomic E-state index is 0.0841. The molecule has 5 nitrogen and oxygen atoms in total. The van der Waals surface area contributed by atoms with E-state index in [-0.39, 0.29) is 5.78 Å². The van der Waals surface area contributed by atoms with E-state index in [2.05, 4.69) is 9.80 Å². The molecular formula is C21H21ClN2O3. The fourth-order valence-electron chi connectivity index (χ4n) is 3.34. The zero-order valence-electron chi connectivity index (χ0n) is 14.9. The Morgan fingerprint density at radius 2 is 1.85 bits per heavy atom. The van der Waals surface area contributed by atoms with Gasteiger partial charge in [0.05, 0.1) is 23.5 Å². The molecule has 1 fully saturated rings. The minimum Gasteiger partial charge on any atom is -0.485 e. The van der Waals surface area contributed by atoms with Crippen molar-refractivity contribution in [3.05, 3.63) is 65.4 Å². The van der Waals surface area contributed by atoms with Crippen LogP contribution in [0.3, 0.4) is 0 Å². The molecule has 2 heterocycles. The van der Waals surface area contributed by atoms with E-state index in [0.29, 0.717) is 30.2 Å². The van der Waals surface area contributed by atoms with Crippen LogP contribution >= 0.6 is 11.6 Å². The van der Waals surface area contributed by atoms with E-state index in [1.807, 2.05) is 24.3 Å². The fourth-order valence-corrected chi connectivity index (χ4v) is 3.60. The molecule has 0 spiro atoms. The summed E-state index contributed by atoms with van der Waals surface area (Å²) < 4.78 is 11.1. The molecular weight excluding hydrogens is 364 g/mol. The van der Waals surface area contributed by atoms with Crippen LogP contribution in [0, 0.1) is 0 Å². The summed E-state index contributed by atoms with van der Waals surface area (Å²) in [5, 5.41) is 0.767. The number of hydrogen-bond donors (Lipinski definition) is 0. The normalized spacial score (nSPS) is 16.9. The Kier molecular flexibility index (Phi) is 5.32. The number of para-hydroxylation sites is 1. The maximum absolute atomic E-state index is 12.7. The average molecular weight is 385 g/mol. The summed E-state index contributed by atoms with van der Waals surface area (Å²) in [4.78, 5) is 17.1. The Balaban J connectivity index is 1.36. The van der Waals surface area contributed by atoms with E-state index in [4.69, 9.17) is 21.1 Å². The van der Waals surface area contributed by atoms with Gasteiger partial charge in [-0.1, -0.05) is 23.7 Å². The molecule has 2 aromatic rings. The number of Topliss-reactive ketones (excluding diaryl/α,β-unsaturated/α-hetero) is 1. The summed E-state index contributed by atoms with van der Waals surface area (Å²) in [5.74, 6) is 1.32. The SMILES string of the molecule is O=C(CN1CCN(c2ccccc2Cl)CC1)c1ccc2c(c1)OC=CCO2. The first-order valence-corrected chi connectivity index (χ1v) is 9.42. The second kappa shape index (κ2) is 8.03. The number of ether oxygens (including phenoxy) is 2. The van der Waals surface area contributed by atoms with Crippen molar-refractivity contribution < 1.29 is 14.3 Å². The van der Waals surface area contributed by atoms with Gasteiger partial charge in [-0.3, -0.25) is 9.69 Å². The summed E-state index contributed by atoms with van der Waals surface area (Å²) >= 11 is 6.29. The van der Waals surface area contributed by atoms with E-state index < -0.39 is 0 Å². The third-order valence-electron chi connectivity index (χ3n) is 4.82. The van der Waals surface area contributed by atoms with Crippen molar-refractivity contribution in [2.75, 3.05) is 44.2 Å². The first-order valence-electron chi connectivity index (χ1n) is 9.04. The zero-order chi connectivity index (χ0) is 18.6. The molecule has 2 aliphatic heterocycles. The third-order valence-corrected chi connectivity index (χ3v) is 5.14. The number of halogens is 1. The third kappa shape index (κ3) is 4.10. The van der Waals surface area contributed by atoms with E-state index in [0.717, 1.165) is 36.9 Å². The molecule has 2 aromatic carbocycles. The molecule has 27 heavy (non-hydrogen) atoms. The van der Waals surface area contributed by atoms with Crippen LogP contribution in [0.2, 0.25) is 5.02 Å². The number of fused-ring (bicyclic) bond motifs is 1. The van der Waals surface area contributed by atoms with Crippen molar-refractivity contribution in [3.8, 4) is 11.5 Å². The first-order chi connectivity index (χ1) is 13.2. The van der Waals surface area contributed by atoms with Gasteiger partial charge in [0.25, 0.3) is 0 Å². The smallest absolute Gasteiger partial charge is 0.176 e. The van der Waals surface area contributed by atoms with Gasteiger partial charge in [0, 0.05) is 31.7 Å². The van der Waals surface area contributed by atoms with Crippen LogP contribution in [0.15, 0.2) is 54.8 Å². The molecule has 0 aliphatic carbocycles. The molecule has 140 valence electrons. The molecule has 0 N–H and O–H groups in total. The molecule has 0 unspecified atom stereocenters. The van der Waals surface area contributed by atoms with Crippen molar-refractivity contribution in [2.45, 2.75) is 0 Å². The molecule has 0 amide bonds. The number of nitrogens with zero attached hydrogens (tertiary/aromatic N) is 2. The van der Waals surface area contributed by atoms with E-state index in [9.17, 15) is 4.79 Å². The lowest BCUT2D eigenvalue weighted by molar-refractivity contribution is 0.0926. The molecule has 0 atom stereocenters. The summed E-state index contributed by atoms with van der Waals surface area (Å²) in [6.07, 6.45) is 3.38.